The minimum Gasteiger partial charge on any atom is -0.276 e. The Balaban J connectivity index is 1.40. The van der Waals surface area contributed by atoms with Crippen LogP contribution in [0.5, 0.6) is 0 Å². The maximum Gasteiger partial charge on any atom is 0.346 e. The van der Waals surface area contributed by atoms with E-state index in [1.165, 1.54) is 0 Å². The predicted molar refractivity (Wildman–Crippen MR) is 160 cm³/mol. The van der Waals surface area contributed by atoms with Gasteiger partial charge < -0.3 is 0 Å². The number of nitrogens with zero attached hydrogens (tertiary/aromatic N) is 3. The summed E-state index contributed by atoms with van der Waals surface area (Å²) in [7, 11) is -3.46. The molecular formula is C32H26N5O2S+. The topological polar surface area (TPSA) is 115 Å². The highest BCUT2D eigenvalue weighted by Gasteiger charge is 2.29. The number of aromatic nitrogens is 3. The van der Waals surface area contributed by atoms with E-state index in [4.69, 9.17) is 0 Å². The van der Waals surface area contributed by atoms with Gasteiger partial charge in [-0.3, -0.25) is 10.1 Å². The highest BCUT2D eigenvalue weighted by Crippen LogP contribution is 2.35. The molecular weight excluding hydrogens is 518 g/mol. The van der Waals surface area contributed by atoms with E-state index in [9.17, 15) is 14.0 Å². The fourth-order valence-electron chi connectivity index (χ4n) is 4.79. The summed E-state index contributed by atoms with van der Waals surface area (Å²) >= 11 is 0. The summed E-state index contributed by atoms with van der Waals surface area (Å²) in [6.07, 6.45) is 1.78. The van der Waals surface area contributed by atoms with E-state index in [1.54, 1.807) is 42.6 Å². The number of nitrogens with one attached hydrogen (secondary N) is 2. The lowest BCUT2D eigenvalue weighted by Gasteiger charge is -2.15. The number of anilines is 1. The molecule has 1 unspecified atom stereocenters. The summed E-state index contributed by atoms with van der Waals surface area (Å²) in [5.41, 5.74) is 6.12. The van der Waals surface area contributed by atoms with E-state index in [0.717, 1.165) is 49.8 Å². The Morgan fingerprint density at radius 3 is 2.38 bits per heavy atom. The summed E-state index contributed by atoms with van der Waals surface area (Å²) in [6.45, 7) is 3.80. The highest BCUT2D eigenvalue weighted by atomic mass is 32.3. The largest absolute Gasteiger partial charge is 0.346 e. The van der Waals surface area contributed by atoms with Gasteiger partial charge in [0.05, 0.1) is 34.4 Å². The molecule has 0 aliphatic heterocycles. The summed E-state index contributed by atoms with van der Waals surface area (Å²) in [6, 6.07) is 32.3. The maximum absolute atomic E-state index is 13.0. The van der Waals surface area contributed by atoms with Crippen LogP contribution in [0.1, 0.15) is 19.4 Å². The van der Waals surface area contributed by atoms with E-state index in [0.29, 0.717) is 10.6 Å². The molecule has 4 aromatic carbocycles. The van der Waals surface area contributed by atoms with Crippen molar-refractivity contribution in [1.82, 2.24) is 15.2 Å². The van der Waals surface area contributed by atoms with Gasteiger partial charge in [-0.15, -0.1) is 0 Å². The van der Waals surface area contributed by atoms with Crippen molar-refractivity contribution in [2.75, 3.05) is 4.72 Å². The molecule has 6 aromatic rings. The number of aromatic amines is 1. The number of rotatable bonds is 6. The molecule has 0 saturated heterocycles. The first kappa shape index (κ1) is 25.4. The van der Waals surface area contributed by atoms with Crippen LogP contribution in [0.4, 0.5) is 5.69 Å². The third kappa shape index (κ3) is 4.62. The molecule has 0 radical (unpaired) electrons. The van der Waals surface area contributed by atoms with Gasteiger partial charge in [0.25, 0.3) is 0 Å². The normalized spacial score (nSPS) is 13.2. The average molecular weight is 545 g/mol. The summed E-state index contributed by atoms with van der Waals surface area (Å²) in [4.78, 5) is 4.93. The Labute approximate surface area is 232 Å². The van der Waals surface area contributed by atoms with Gasteiger partial charge in [0.1, 0.15) is 5.69 Å². The Hall–Kier alpha value is -4.84. The first-order valence-electron chi connectivity index (χ1n) is 12.7. The number of pyridine rings is 1. The van der Waals surface area contributed by atoms with Gasteiger partial charge in [-0.05, 0) is 71.1 Å². The minimum absolute atomic E-state index is 0.316. The highest BCUT2D eigenvalue weighted by molar-refractivity contribution is 7.99. The van der Waals surface area contributed by atoms with Crippen molar-refractivity contribution in [3.8, 4) is 28.5 Å². The van der Waals surface area contributed by atoms with Gasteiger partial charge in [-0.1, -0.05) is 60.7 Å². The van der Waals surface area contributed by atoms with E-state index in [-0.39, 0.29) is 0 Å². The molecule has 0 bridgehead atoms. The van der Waals surface area contributed by atoms with E-state index in [2.05, 4.69) is 32.0 Å². The van der Waals surface area contributed by atoms with Crippen LogP contribution in [-0.4, -0.2) is 19.7 Å². The second-order valence-corrected chi connectivity index (χ2v) is 11.9. The van der Waals surface area contributed by atoms with Crippen LogP contribution in [0.2, 0.25) is 0 Å². The lowest BCUT2D eigenvalue weighted by atomic mass is 9.86. The number of H-pyrrole nitrogens is 1. The summed E-state index contributed by atoms with van der Waals surface area (Å²) < 4.78 is 26.4. The van der Waals surface area contributed by atoms with Crippen molar-refractivity contribution >= 4 is 37.9 Å². The molecule has 0 saturated carbocycles. The van der Waals surface area contributed by atoms with Crippen LogP contribution in [0.25, 0.3) is 44.2 Å². The number of benzene rings is 4. The van der Waals surface area contributed by atoms with Gasteiger partial charge in [0.2, 0.25) is 4.90 Å². The Morgan fingerprint density at radius 2 is 1.62 bits per heavy atom. The van der Waals surface area contributed by atoms with Crippen molar-refractivity contribution in [2.45, 2.75) is 24.2 Å². The fourth-order valence-corrected chi connectivity index (χ4v) is 5.88. The molecule has 0 aliphatic carbocycles. The van der Waals surface area contributed by atoms with Crippen molar-refractivity contribution in [2.24, 2.45) is 0 Å². The van der Waals surface area contributed by atoms with Gasteiger partial charge in [0, 0.05) is 16.3 Å². The zero-order valence-corrected chi connectivity index (χ0v) is 22.7. The monoisotopic (exact) mass is 544 g/mol. The van der Waals surface area contributed by atoms with Crippen molar-refractivity contribution in [3.05, 3.63) is 109 Å². The summed E-state index contributed by atoms with van der Waals surface area (Å²) in [5.74, 6) is 0. The predicted octanol–water partition coefficient (Wildman–Crippen LogP) is 7.60. The van der Waals surface area contributed by atoms with Gasteiger partial charge >= 0.3 is 10.4 Å². The molecule has 0 aliphatic rings. The SMILES string of the molecule is CC(C)(C#N)c1ccc(-c2n[nH]c3cnc4ccc(-c5cccc(N[S+](=O)(O)c6ccccc6)c5)cc4c23)cc1. The molecule has 0 spiro atoms. The zero-order chi connectivity index (χ0) is 27.9. The molecule has 196 valence electrons. The number of hydrogen-bond acceptors (Lipinski definition) is 4. The van der Waals surface area contributed by atoms with E-state index in [1.807, 2.05) is 68.4 Å². The second-order valence-electron chi connectivity index (χ2n) is 10.2. The molecule has 6 rings (SSSR count). The van der Waals surface area contributed by atoms with E-state index >= 15 is 0 Å². The van der Waals surface area contributed by atoms with Gasteiger partial charge in [-0.25, -0.2) is 0 Å². The first-order valence-corrected chi connectivity index (χ1v) is 14.3. The van der Waals surface area contributed by atoms with Crippen LogP contribution in [0.3, 0.4) is 0 Å². The Morgan fingerprint density at radius 1 is 0.900 bits per heavy atom. The van der Waals surface area contributed by atoms with Gasteiger partial charge in [-0.2, -0.15) is 19.6 Å². The number of fused-ring (bicyclic) bond motifs is 3. The molecule has 0 amide bonds. The van der Waals surface area contributed by atoms with Crippen molar-refractivity contribution in [3.63, 3.8) is 0 Å². The lowest BCUT2D eigenvalue weighted by Crippen LogP contribution is -2.20. The van der Waals surface area contributed by atoms with E-state index < -0.39 is 15.8 Å². The number of hydrogen-bond donors (Lipinski definition) is 3. The van der Waals surface area contributed by atoms with Crippen molar-refractivity contribution in [1.29, 1.82) is 5.26 Å². The Bertz CT molecular complexity index is 1960. The average Bonchev–Trinajstić information content (AvgIpc) is 3.42. The standard InChI is InChI=1S/C32H25N5O2S/c1-32(2,20-33)24-14-11-21(12-15-24)31-30-27-18-23(13-16-28(27)34-19-29(30)35-36-31)22-7-6-8-25(17-22)37-40(38,39)26-9-4-3-5-10-26/h3-19H,1-2H3,(H2-,35,36,37,38,39)/p+1. The van der Waals surface area contributed by atoms with Crippen LogP contribution >= 0.6 is 0 Å². The minimum atomic E-state index is -3.46. The third-order valence-electron chi connectivity index (χ3n) is 7.07. The Kier molecular flexibility index (Phi) is 6.18. The zero-order valence-electron chi connectivity index (χ0n) is 21.9. The van der Waals surface area contributed by atoms with Crippen LogP contribution < -0.4 is 4.72 Å². The van der Waals surface area contributed by atoms with Gasteiger partial charge in [0.15, 0.2) is 0 Å². The number of nitriles is 1. The maximum atomic E-state index is 13.0. The molecule has 3 N–H and O–H groups in total. The molecule has 0 fully saturated rings. The molecule has 1 atom stereocenters. The first-order chi connectivity index (χ1) is 19.2. The summed E-state index contributed by atoms with van der Waals surface area (Å²) in [5, 5.41) is 19.1. The van der Waals surface area contributed by atoms with Crippen LogP contribution in [-0.2, 0) is 20.0 Å². The molecule has 40 heavy (non-hydrogen) atoms. The fraction of sp³-hybridized carbons (Fsp3) is 0.0938. The second kappa shape index (κ2) is 9.72. The molecule has 2 heterocycles. The molecule has 7 nitrogen and oxygen atoms in total. The third-order valence-corrected chi connectivity index (χ3v) is 8.49. The quantitative estimate of drug-likeness (QED) is 0.187. The molecule has 8 heteroatoms. The molecule has 2 aromatic heterocycles. The van der Waals surface area contributed by atoms with Crippen LogP contribution in [0, 0.1) is 11.3 Å². The smallest absolute Gasteiger partial charge is 0.276 e. The lowest BCUT2D eigenvalue weighted by molar-refractivity contribution is 0.503. The van der Waals surface area contributed by atoms with Crippen molar-refractivity contribution < 1.29 is 8.76 Å². The van der Waals surface area contributed by atoms with Crippen LogP contribution in [0.15, 0.2) is 108 Å².